The summed E-state index contributed by atoms with van der Waals surface area (Å²) in [6.45, 7) is 0. The van der Waals surface area contributed by atoms with Gasteiger partial charge in [0.25, 0.3) is 0 Å². The van der Waals surface area contributed by atoms with E-state index in [2.05, 4.69) is 40.8 Å². The van der Waals surface area contributed by atoms with E-state index in [1.807, 2.05) is 24.3 Å². The molecule has 0 aromatic heterocycles. The molecule has 5 rings (SSSR count). The first kappa shape index (κ1) is 16.2. The highest BCUT2D eigenvalue weighted by Crippen LogP contribution is 2.48. The van der Waals surface area contributed by atoms with Crippen LogP contribution in [0, 0.1) is 0 Å². The summed E-state index contributed by atoms with van der Waals surface area (Å²) in [6.07, 6.45) is 7.14. The molecule has 2 aliphatic heterocycles. The second-order valence-electron chi connectivity index (χ2n) is 7.50. The number of para-hydroxylation sites is 1. The number of fused-ring (bicyclic) bond motifs is 1. The zero-order valence-electron chi connectivity index (χ0n) is 14.7. The molecule has 132 valence electrons. The molecule has 0 amide bonds. The Morgan fingerprint density at radius 2 is 1.65 bits per heavy atom. The molecule has 26 heavy (non-hydrogen) atoms. The van der Waals surface area contributed by atoms with E-state index in [9.17, 15) is 4.79 Å². The van der Waals surface area contributed by atoms with E-state index in [-0.39, 0.29) is 11.3 Å². The van der Waals surface area contributed by atoms with Crippen molar-refractivity contribution in [3.8, 4) is 0 Å². The van der Waals surface area contributed by atoms with E-state index in [0.29, 0.717) is 0 Å². The lowest BCUT2D eigenvalue weighted by Crippen LogP contribution is -2.47. The number of allylic oxidation sites excluding steroid dienone is 1. The average molecular weight is 362 g/mol. The fraction of sp³-hybridized carbons (Fsp3) is 0.318. The zero-order chi connectivity index (χ0) is 17.6. The van der Waals surface area contributed by atoms with Crippen molar-refractivity contribution in [2.75, 3.05) is 5.01 Å². The molecule has 0 atom stereocenters. The van der Waals surface area contributed by atoms with Crippen LogP contribution in [0.1, 0.15) is 48.9 Å². The molecule has 1 saturated heterocycles. The van der Waals surface area contributed by atoms with E-state index in [1.165, 1.54) is 32.1 Å². The predicted molar refractivity (Wildman–Crippen MR) is 106 cm³/mol. The molecule has 0 radical (unpaired) electrons. The Labute approximate surface area is 158 Å². The number of hydrazine groups is 1. The van der Waals surface area contributed by atoms with Crippen LogP contribution in [0.3, 0.4) is 0 Å². The lowest BCUT2D eigenvalue weighted by atomic mass is 9.80. The Morgan fingerprint density at radius 3 is 2.42 bits per heavy atom. The molecule has 0 unspecified atom stereocenters. The van der Waals surface area contributed by atoms with Gasteiger partial charge in [-0.15, -0.1) is 0 Å². The lowest BCUT2D eigenvalue weighted by molar-refractivity contribution is 0.104. The highest BCUT2D eigenvalue weighted by molar-refractivity contribution is 8.04. The van der Waals surface area contributed by atoms with Crippen LogP contribution in [0.2, 0.25) is 0 Å². The Kier molecular flexibility index (Phi) is 3.91. The van der Waals surface area contributed by atoms with Gasteiger partial charge in [0, 0.05) is 22.4 Å². The second-order valence-corrected chi connectivity index (χ2v) is 8.56. The van der Waals surface area contributed by atoms with Gasteiger partial charge >= 0.3 is 0 Å². The van der Waals surface area contributed by atoms with Crippen molar-refractivity contribution in [3.63, 3.8) is 0 Å². The molecular formula is C22H22N2OS. The molecule has 2 fully saturated rings. The third kappa shape index (κ3) is 2.60. The Hall–Kier alpha value is -2.04. The van der Waals surface area contributed by atoms with Gasteiger partial charge in [0.1, 0.15) is 0 Å². The van der Waals surface area contributed by atoms with Crippen molar-refractivity contribution in [2.45, 2.75) is 49.0 Å². The summed E-state index contributed by atoms with van der Waals surface area (Å²) in [7, 11) is 0. The minimum absolute atomic E-state index is 0.103. The van der Waals surface area contributed by atoms with Crippen molar-refractivity contribution in [3.05, 3.63) is 70.8 Å². The molecule has 1 aliphatic carbocycles. The molecule has 1 N–H and O–H groups in total. The topological polar surface area (TPSA) is 32.3 Å². The second kappa shape index (κ2) is 6.29. The SMILES string of the molecule is O=C1/C(=C2\CC3(CCCCC3)NN2c2ccccc2)Sc2ccccc21. The van der Waals surface area contributed by atoms with Gasteiger partial charge in [-0.25, -0.2) is 5.43 Å². The third-order valence-corrected chi connectivity index (χ3v) is 6.96. The number of benzene rings is 2. The van der Waals surface area contributed by atoms with Gasteiger partial charge in [-0.2, -0.15) is 0 Å². The number of thioether (sulfide) groups is 1. The summed E-state index contributed by atoms with van der Waals surface area (Å²) in [6, 6.07) is 18.4. The van der Waals surface area contributed by atoms with E-state index in [4.69, 9.17) is 0 Å². The van der Waals surface area contributed by atoms with E-state index in [0.717, 1.165) is 33.2 Å². The largest absolute Gasteiger partial charge is 0.288 e. The van der Waals surface area contributed by atoms with Gasteiger partial charge in [-0.05, 0) is 37.1 Å². The van der Waals surface area contributed by atoms with Gasteiger partial charge in [-0.3, -0.25) is 9.80 Å². The van der Waals surface area contributed by atoms with Crippen LogP contribution >= 0.6 is 11.8 Å². The van der Waals surface area contributed by atoms with Gasteiger partial charge in [0.15, 0.2) is 0 Å². The Balaban J connectivity index is 1.60. The molecule has 1 spiro atoms. The molecule has 2 heterocycles. The lowest BCUT2D eigenvalue weighted by Gasteiger charge is -2.34. The number of carbonyl (C=O) groups excluding carboxylic acids is 1. The van der Waals surface area contributed by atoms with Crippen LogP contribution < -0.4 is 10.4 Å². The number of ketones is 1. The number of rotatable bonds is 1. The number of hydrogen-bond acceptors (Lipinski definition) is 4. The quantitative estimate of drug-likeness (QED) is 0.697. The number of nitrogens with one attached hydrogen (secondary N) is 1. The molecular weight excluding hydrogens is 340 g/mol. The third-order valence-electron chi connectivity index (χ3n) is 5.76. The van der Waals surface area contributed by atoms with E-state index >= 15 is 0 Å². The normalized spacial score (nSPS) is 24.3. The fourth-order valence-corrected chi connectivity index (χ4v) is 5.57. The Morgan fingerprint density at radius 1 is 0.923 bits per heavy atom. The maximum Gasteiger partial charge on any atom is 0.202 e. The predicted octanol–water partition coefficient (Wildman–Crippen LogP) is 5.30. The summed E-state index contributed by atoms with van der Waals surface area (Å²) in [5.74, 6) is 0.177. The fourth-order valence-electron chi connectivity index (χ4n) is 4.45. The minimum Gasteiger partial charge on any atom is -0.288 e. The van der Waals surface area contributed by atoms with Crippen LogP contribution in [-0.4, -0.2) is 11.3 Å². The van der Waals surface area contributed by atoms with Gasteiger partial charge in [-0.1, -0.05) is 61.4 Å². The van der Waals surface area contributed by atoms with Crippen LogP contribution in [0.25, 0.3) is 0 Å². The summed E-state index contributed by atoms with van der Waals surface area (Å²) in [4.78, 5) is 15.1. The molecule has 3 nitrogen and oxygen atoms in total. The molecule has 4 heteroatoms. The maximum absolute atomic E-state index is 13.1. The highest BCUT2D eigenvalue weighted by atomic mass is 32.2. The number of Topliss-reactive ketones (excluding diaryl/α,β-unsaturated/α-hetero) is 1. The number of carbonyl (C=O) groups is 1. The minimum atomic E-state index is 0.103. The standard InChI is InChI=1S/C22H22N2OS/c25-20-17-11-5-6-12-19(17)26-21(20)18-15-22(13-7-2-8-14-22)23-24(18)16-9-3-1-4-10-16/h1,3-6,9-12,23H,2,7-8,13-15H2/b21-18-. The average Bonchev–Trinajstić information content (AvgIpc) is 3.22. The first-order valence-corrected chi connectivity index (χ1v) is 10.3. The van der Waals surface area contributed by atoms with Crippen LogP contribution in [0.4, 0.5) is 5.69 Å². The van der Waals surface area contributed by atoms with Crippen LogP contribution in [0.15, 0.2) is 70.1 Å². The van der Waals surface area contributed by atoms with Crippen molar-refractivity contribution < 1.29 is 4.79 Å². The van der Waals surface area contributed by atoms with E-state index in [1.54, 1.807) is 11.8 Å². The maximum atomic E-state index is 13.1. The van der Waals surface area contributed by atoms with Gasteiger partial charge < -0.3 is 0 Å². The molecule has 3 aliphatic rings. The van der Waals surface area contributed by atoms with Crippen LogP contribution in [0.5, 0.6) is 0 Å². The van der Waals surface area contributed by atoms with Crippen molar-refractivity contribution in [1.29, 1.82) is 0 Å². The summed E-state index contributed by atoms with van der Waals surface area (Å²) >= 11 is 1.64. The number of anilines is 1. The first-order valence-electron chi connectivity index (χ1n) is 9.44. The summed E-state index contributed by atoms with van der Waals surface area (Å²) in [5.41, 5.74) is 7.01. The van der Waals surface area contributed by atoms with Crippen molar-refractivity contribution in [2.24, 2.45) is 0 Å². The zero-order valence-corrected chi connectivity index (χ0v) is 15.5. The van der Waals surface area contributed by atoms with Crippen molar-refractivity contribution >= 4 is 23.2 Å². The summed E-state index contributed by atoms with van der Waals surface area (Å²) in [5, 5.41) is 2.19. The smallest absolute Gasteiger partial charge is 0.202 e. The van der Waals surface area contributed by atoms with Crippen molar-refractivity contribution in [1.82, 2.24) is 5.43 Å². The molecule has 2 aromatic carbocycles. The Bertz CT molecular complexity index is 884. The van der Waals surface area contributed by atoms with E-state index < -0.39 is 0 Å². The molecule has 2 aromatic rings. The molecule has 0 bridgehead atoms. The number of hydrogen-bond donors (Lipinski definition) is 1. The molecule has 1 saturated carbocycles. The monoisotopic (exact) mass is 362 g/mol. The number of nitrogens with zero attached hydrogens (tertiary/aromatic N) is 1. The highest BCUT2D eigenvalue weighted by Gasteiger charge is 2.44. The summed E-state index contributed by atoms with van der Waals surface area (Å²) < 4.78 is 0. The van der Waals surface area contributed by atoms with Crippen LogP contribution in [-0.2, 0) is 0 Å². The first-order chi connectivity index (χ1) is 12.8. The van der Waals surface area contributed by atoms with Gasteiger partial charge in [0.05, 0.1) is 16.3 Å². The van der Waals surface area contributed by atoms with Gasteiger partial charge in [0.2, 0.25) is 5.78 Å².